The van der Waals surface area contributed by atoms with Crippen LogP contribution in [-0.4, -0.2) is 47.0 Å². The number of rotatable bonds is 4. The van der Waals surface area contributed by atoms with Gasteiger partial charge in [-0.1, -0.05) is 29.8 Å². The summed E-state index contributed by atoms with van der Waals surface area (Å²) in [5.74, 6) is 1.40. The Morgan fingerprint density at radius 1 is 0.857 bits per heavy atom. The molecule has 0 aliphatic carbocycles. The van der Waals surface area contributed by atoms with Gasteiger partial charge in [-0.15, -0.1) is 0 Å². The molecule has 3 heterocycles. The van der Waals surface area contributed by atoms with Crippen molar-refractivity contribution in [3.8, 4) is 0 Å². The van der Waals surface area contributed by atoms with Crippen LogP contribution in [0.3, 0.4) is 0 Å². The number of piperazine rings is 1. The Morgan fingerprint density at radius 2 is 1.57 bits per heavy atom. The third-order valence-electron chi connectivity index (χ3n) is 4.57. The molecule has 1 aliphatic rings. The molecule has 1 saturated heterocycles. The Bertz CT molecular complexity index is 942. The number of benzene rings is 1. The highest BCUT2D eigenvalue weighted by atomic mass is 35.5. The van der Waals surface area contributed by atoms with E-state index in [0.717, 1.165) is 37.8 Å². The van der Waals surface area contributed by atoms with Crippen LogP contribution in [0.4, 0.5) is 17.3 Å². The molecule has 0 spiro atoms. The van der Waals surface area contributed by atoms with Crippen LogP contribution in [0.1, 0.15) is 10.5 Å². The average Bonchev–Trinajstić information content (AvgIpc) is 2.76. The van der Waals surface area contributed by atoms with Gasteiger partial charge in [0, 0.05) is 32.4 Å². The SMILES string of the molecule is O=C(Nc1ccccc1Cl)c1cnc(N2CCN(c3ccccn3)CC2)cn1. The fraction of sp³-hybridized carbons (Fsp3) is 0.200. The van der Waals surface area contributed by atoms with Crippen LogP contribution in [0.15, 0.2) is 61.1 Å². The van der Waals surface area contributed by atoms with Gasteiger partial charge >= 0.3 is 0 Å². The molecule has 4 rings (SSSR count). The lowest BCUT2D eigenvalue weighted by atomic mass is 10.3. The van der Waals surface area contributed by atoms with Crippen molar-refractivity contribution >= 4 is 34.8 Å². The molecule has 0 saturated carbocycles. The Hall–Kier alpha value is -3.19. The predicted octanol–water partition coefficient (Wildman–Crippen LogP) is 3.10. The van der Waals surface area contributed by atoms with Gasteiger partial charge in [0.15, 0.2) is 0 Å². The zero-order valence-electron chi connectivity index (χ0n) is 15.1. The van der Waals surface area contributed by atoms with Crippen molar-refractivity contribution in [2.24, 2.45) is 0 Å². The van der Waals surface area contributed by atoms with Crippen LogP contribution >= 0.6 is 11.6 Å². The Balaban J connectivity index is 1.37. The van der Waals surface area contributed by atoms with E-state index in [1.165, 1.54) is 6.20 Å². The van der Waals surface area contributed by atoms with Crippen LogP contribution in [0.5, 0.6) is 0 Å². The van der Waals surface area contributed by atoms with E-state index in [4.69, 9.17) is 11.6 Å². The number of hydrogen-bond donors (Lipinski definition) is 1. The molecule has 1 amide bonds. The molecule has 3 aromatic rings. The van der Waals surface area contributed by atoms with Crippen LogP contribution in [-0.2, 0) is 0 Å². The lowest BCUT2D eigenvalue weighted by Crippen LogP contribution is -2.47. The second-order valence-corrected chi connectivity index (χ2v) is 6.76. The summed E-state index contributed by atoms with van der Waals surface area (Å²) < 4.78 is 0. The summed E-state index contributed by atoms with van der Waals surface area (Å²) in [6, 6.07) is 13.0. The number of aromatic nitrogens is 3. The second kappa shape index (κ2) is 8.22. The highest BCUT2D eigenvalue weighted by Crippen LogP contribution is 2.21. The first-order chi connectivity index (χ1) is 13.7. The van der Waals surface area contributed by atoms with Gasteiger partial charge in [-0.25, -0.2) is 15.0 Å². The Morgan fingerprint density at radius 3 is 2.21 bits per heavy atom. The molecule has 0 bridgehead atoms. The van der Waals surface area contributed by atoms with E-state index in [2.05, 4.69) is 30.1 Å². The van der Waals surface area contributed by atoms with Crippen LogP contribution in [0, 0.1) is 0 Å². The van der Waals surface area contributed by atoms with Gasteiger partial charge in [0.2, 0.25) is 0 Å². The summed E-state index contributed by atoms with van der Waals surface area (Å²) >= 11 is 6.07. The molecule has 142 valence electrons. The van der Waals surface area contributed by atoms with Gasteiger partial charge in [-0.2, -0.15) is 0 Å². The molecule has 0 radical (unpaired) electrons. The summed E-state index contributed by atoms with van der Waals surface area (Å²) in [6.45, 7) is 3.34. The van der Waals surface area contributed by atoms with Gasteiger partial charge in [-0.3, -0.25) is 4.79 Å². The summed E-state index contributed by atoms with van der Waals surface area (Å²) in [5, 5.41) is 3.23. The van der Waals surface area contributed by atoms with Crippen molar-refractivity contribution in [3.63, 3.8) is 0 Å². The molecule has 1 aliphatic heterocycles. The molecular weight excluding hydrogens is 376 g/mol. The second-order valence-electron chi connectivity index (χ2n) is 6.36. The molecule has 2 aromatic heterocycles. The van der Waals surface area contributed by atoms with Gasteiger partial charge in [-0.05, 0) is 24.3 Å². The van der Waals surface area contributed by atoms with Gasteiger partial charge in [0.25, 0.3) is 5.91 Å². The standard InChI is InChI=1S/C20H19ClN6O/c21-15-5-1-2-6-16(15)25-20(28)17-13-24-19(14-23-17)27-11-9-26(10-12-27)18-7-3-4-8-22-18/h1-8,13-14H,9-12H2,(H,25,28). The molecule has 8 heteroatoms. The van der Waals surface area contributed by atoms with E-state index >= 15 is 0 Å². The number of amides is 1. The number of nitrogens with zero attached hydrogens (tertiary/aromatic N) is 5. The van der Waals surface area contributed by atoms with Gasteiger partial charge < -0.3 is 15.1 Å². The predicted molar refractivity (Wildman–Crippen MR) is 110 cm³/mol. The van der Waals surface area contributed by atoms with Crippen molar-refractivity contribution in [1.82, 2.24) is 15.0 Å². The molecule has 0 unspecified atom stereocenters. The maximum absolute atomic E-state index is 12.4. The van der Waals surface area contributed by atoms with E-state index in [1.807, 2.05) is 18.2 Å². The van der Waals surface area contributed by atoms with Crippen molar-refractivity contribution in [2.45, 2.75) is 0 Å². The fourth-order valence-corrected chi connectivity index (χ4v) is 3.24. The molecule has 1 aromatic carbocycles. The highest BCUT2D eigenvalue weighted by Gasteiger charge is 2.19. The molecule has 1 N–H and O–H groups in total. The third-order valence-corrected chi connectivity index (χ3v) is 4.90. The minimum Gasteiger partial charge on any atom is -0.353 e. The zero-order valence-corrected chi connectivity index (χ0v) is 15.9. The van der Waals surface area contributed by atoms with E-state index in [9.17, 15) is 4.79 Å². The van der Waals surface area contributed by atoms with E-state index < -0.39 is 0 Å². The molecule has 28 heavy (non-hydrogen) atoms. The summed E-state index contributed by atoms with van der Waals surface area (Å²) in [7, 11) is 0. The summed E-state index contributed by atoms with van der Waals surface area (Å²) in [4.78, 5) is 29.8. The highest BCUT2D eigenvalue weighted by molar-refractivity contribution is 6.33. The van der Waals surface area contributed by atoms with Crippen molar-refractivity contribution in [2.75, 3.05) is 41.3 Å². The number of halogens is 1. The maximum Gasteiger partial charge on any atom is 0.275 e. The molecular formula is C20H19ClN6O. The van der Waals surface area contributed by atoms with Crippen LogP contribution in [0.2, 0.25) is 5.02 Å². The smallest absolute Gasteiger partial charge is 0.275 e. The lowest BCUT2D eigenvalue weighted by molar-refractivity contribution is 0.102. The number of hydrogen-bond acceptors (Lipinski definition) is 6. The number of carbonyl (C=O) groups excluding carboxylic acids is 1. The lowest BCUT2D eigenvalue weighted by Gasteiger charge is -2.35. The maximum atomic E-state index is 12.4. The zero-order chi connectivity index (χ0) is 19.3. The minimum atomic E-state index is -0.341. The van der Waals surface area contributed by atoms with E-state index in [0.29, 0.717) is 10.7 Å². The minimum absolute atomic E-state index is 0.246. The Kier molecular flexibility index (Phi) is 5.34. The number of carbonyl (C=O) groups is 1. The topological polar surface area (TPSA) is 74.2 Å². The Labute approximate surface area is 168 Å². The number of pyridine rings is 1. The summed E-state index contributed by atoms with van der Waals surface area (Å²) in [5.41, 5.74) is 0.793. The fourth-order valence-electron chi connectivity index (χ4n) is 3.06. The molecule has 0 atom stereocenters. The number of para-hydroxylation sites is 1. The number of anilines is 3. The van der Waals surface area contributed by atoms with Crippen molar-refractivity contribution in [1.29, 1.82) is 0 Å². The normalized spacial score (nSPS) is 14.0. The van der Waals surface area contributed by atoms with Gasteiger partial charge in [0.1, 0.15) is 17.3 Å². The third kappa shape index (κ3) is 4.04. The first-order valence-corrected chi connectivity index (χ1v) is 9.37. The van der Waals surface area contributed by atoms with E-state index in [-0.39, 0.29) is 11.6 Å². The first kappa shape index (κ1) is 18.2. The quantitative estimate of drug-likeness (QED) is 0.733. The summed E-state index contributed by atoms with van der Waals surface area (Å²) in [6.07, 6.45) is 4.93. The molecule has 1 fully saturated rings. The van der Waals surface area contributed by atoms with Crippen LogP contribution in [0.25, 0.3) is 0 Å². The first-order valence-electron chi connectivity index (χ1n) is 8.99. The average molecular weight is 395 g/mol. The van der Waals surface area contributed by atoms with Gasteiger partial charge in [0.05, 0.1) is 23.1 Å². The van der Waals surface area contributed by atoms with Crippen molar-refractivity contribution < 1.29 is 4.79 Å². The number of nitrogens with one attached hydrogen (secondary N) is 1. The van der Waals surface area contributed by atoms with Crippen molar-refractivity contribution in [3.05, 3.63) is 71.8 Å². The van der Waals surface area contributed by atoms with Crippen LogP contribution < -0.4 is 15.1 Å². The largest absolute Gasteiger partial charge is 0.353 e. The van der Waals surface area contributed by atoms with E-state index in [1.54, 1.807) is 36.7 Å². The molecule has 7 nitrogen and oxygen atoms in total. The monoisotopic (exact) mass is 394 g/mol.